The van der Waals surface area contributed by atoms with E-state index in [1.165, 1.54) is 15.3 Å². The molecule has 0 spiro atoms. The number of sulfonamides is 1. The van der Waals surface area contributed by atoms with Crippen LogP contribution in [0.3, 0.4) is 0 Å². The Morgan fingerprint density at radius 2 is 1.74 bits per heavy atom. The molecule has 2 saturated heterocycles. The van der Waals surface area contributed by atoms with Crippen molar-refractivity contribution in [1.82, 2.24) is 19.1 Å². The molecular formula is C27H31N5O6S. The maximum absolute atomic E-state index is 14.0. The fourth-order valence-electron chi connectivity index (χ4n) is 4.85. The van der Waals surface area contributed by atoms with E-state index in [0.29, 0.717) is 55.2 Å². The molecular weight excluding hydrogens is 522 g/mol. The van der Waals surface area contributed by atoms with E-state index in [-0.39, 0.29) is 30.4 Å². The number of pyridine rings is 1. The maximum atomic E-state index is 14.0. The number of hydrogen-bond acceptors (Lipinski definition) is 7. The van der Waals surface area contributed by atoms with Crippen LogP contribution in [0, 0.1) is 0 Å². The summed E-state index contributed by atoms with van der Waals surface area (Å²) in [5, 5.41) is 3.52. The van der Waals surface area contributed by atoms with E-state index in [9.17, 15) is 18.0 Å². The molecule has 11 nitrogen and oxygen atoms in total. The van der Waals surface area contributed by atoms with Gasteiger partial charge in [0.25, 0.3) is 0 Å². The molecule has 2 fully saturated rings. The first-order valence-electron chi connectivity index (χ1n) is 12.9. The van der Waals surface area contributed by atoms with Gasteiger partial charge in [-0.3, -0.25) is 9.78 Å². The van der Waals surface area contributed by atoms with Crippen LogP contribution < -0.4 is 10.1 Å². The summed E-state index contributed by atoms with van der Waals surface area (Å²) in [6.45, 7) is 3.88. The second-order valence-corrected chi connectivity index (χ2v) is 11.1. The predicted octanol–water partition coefficient (Wildman–Crippen LogP) is 2.40. The standard InChI is InChI=1S/C27H31N5O6S/c1-2-38-22-10-8-21(9-11-22)29-27(34)31-13-14-32(23(19-31)26(33)30-15-17-37-18-16-30)39(35,36)24-7-3-5-20-6-4-12-28-25(20)24/h3-12,23H,2,13-19H2,1H3,(H,29,34). The molecule has 0 saturated carbocycles. The third-order valence-corrected chi connectivity index (χ3v) is 8.76. The number of fused-ring (bicyclic) bond motifs is 1. The third-order valence-electron chi connectivity index (χ3n) is 6.83. The van der Waals surface area contributed by atoms with Crippen molar-refractivity contribution in [1.29, 1.82) is 0 Å². The lowest BCUT2D eigenvalue weighted by atomic mass is 10.1. The van der Waals surface area contributed by atoms with Crippen molar-refractivity contribution in [3.05, 3.63) is 60.8 Å². The Bertz CT molecular complexity index is 1440. The van der Waals surface area contributed by atoms with Gasteiger partial charge in [0.2, 0.25) is 15.9 Å². The number of morpholine rings is 1. The number of amides is 3. The Hall–Kier alpha value is -3.74. The van der Waals surface area contributed by atoms with Crippen molar-refractivity contribution < 1.29 is 27.5 Å². The first kappa shape index (κ1) is 26.9. The normalized spacial score (nSPS) is 18.6. The van der Waals surface area contributed by atoms with Gasteiger partial charge < -0.3 is 24.6 Å². The molecule has 2 aliphatic rings. The molecule has 12 heteroatoms. The van der Waals surface area contributed by atoms with Gasteiger partial charge in [-0.05, 0) is 43.3 Å². The molecule has 0 radical (unpaired) electrons. The van der Waals surface area contributed by atoms with Crippen LogP contribution in [0.1, 0.15) is 6.92 Å². The minimum absolute atomic E-state index is 0.0349. The smallest absolute Gasteiger partial charge is 0.321 e. The van der Waals surface area contributed by atoms with Gasteiger partial charge in [-0.2, -0.15) is 4.31 Å². The lowest BCUT2D eigenvalue weighted by Crippen LogP contribution is -2.63. The van der Waals surface area contributed by atoms with Crippen LogP contribution >= 0.6 is 0 Å². The number of carbonyl (C=O) groups excluding carboxylic acids is 2. The highest BCUT2D eigenvalue weighted by molar-refractivity contribution is 7.89. The average Bonchev–Trinajstić information content (AvgIpc) is 2.97. The number of rotatable bonds is 6. The van der Waals surface area contributed by atoms with Gasteiger partial charge in [-0.1, -0.05) is 18.2 Å². The van der Waals surface area contributed by atoms with Gasteiger partial charge in [-0.25, -0.2) is 13.2 Å². The van der Waals surface area contributed by atoms with E-state index in [0.717, 1.165) is 0 Å². The number of nitrogens with zero attached hydrogens (tertiary/aromatic N) is 4. The zero-order valence-electron chi connectivity index (χ0n) is 21.7. The van der Waals surface area contributed by atoms with Crippen LogP contribution in [0.5, 0.6) is 5.75 Å². The number of ether oxygens (including phenoxy) is 2. The van der Waals surface area contributed by atoms with Crippen molar-refractivity contribution in [2.45, 2.75) is 17.9 Å². The molecule has 1 aromatic heterocycles. The van der Waals surface area contributed by atoms with E-state index in [1.54, 1.807) is 59.6 Å². The van der Waals surface area contributed by atoms with Crippen LogP contribution in [0.15, 0.2) is 65.7 Å². The number of hydrogen-bond donors (Lipinski definition) is 1. The number of para-hydroxylation sites is 1. The van der Waals surface area contributed by atoms with Gasteiger partial charge >= 0.3 is 6.03 Å². The fraction of sp³-hybridized carbons (Fsp3) is 0.370. The summed E-state index contributed by atoms with van der Waals surface area (Å²) in [7, 11) is -4.12. The lowest BCUT2D eigenvalue weighted by molar-refractivity contribution is -0.140. The van der Waals surface area contributed by atoms with E-state index in [2.05, 4.69) is 10.3 Å². The van der Waals surface area contributed by atoms with Crippen molar-refractivity contribution in [3.8, 4) is 5.75 Å². The molecule has 3 aromatic rings. The molecule has 206 valence electrons. The second kappa shape index (κ2) is 11.6. The zero-order chi connectivity index (χ0) is 27.4. The Morgan fingerprint density at radius 3 is 2.49 bits per heavy atom. The molecule has 2 aromatic carbocycles. The molecule has 1 atom stereocenters. The lowest BCUT2D eigenvalue weighted by Gasteiger charge is -2.42. The van der Waals surface area contributed by atoms with Crippen molar-refractivity contribution in [2.75, 3.05) is 57.9 Å². The first-order valence-corrected chi connectivity index (χ1v) is 14.3. The highest BCUT2D eigenvalue weighted by Crippen LogP contribution is 2.28. The van der Waals surface area contributed by atoms with Gasteiger partial charge in [0.1, 0.15) is 16.7 Å². The molecule has 1 unspecified atom stereocenters. The maximum Gasteiger partial charge on any atom is 0.321 e. The van der Waals surface area contributed by atoms with Gasteiger partial charge in [0.15, 0.2) is 0 Å². The minimum atomic E-state index is -4.12. The first-order chi connectivity index (χ1) is 18.9. The molecule has 3 amide bonds. The number of nitrogens with one attached hydrogen (secondary N) is 1. The number of benzene rings is 2. The largest absolute Gasteiger partial charge is 0.494 e. The molecule has 39 heavy (non-hydrogen) atoms. The highest BCUT2D eigenvalue weighted by atomic mass is 32.2. The molecule has 0 bridgehead atoms. The summed E-state index contributed by atoms with van der Waals surface area (Å²) in [6.07, 6.45) is 1.54. The van der Waals surface area contributed by atoms with Crippen LogP contribution in [0.2, 0.25) is 0 Å². The number of carbonyl (C=O) groups is 2. The summed E-state index contributed by atoms with van der Waals surface area (Å²) < 4.78 is 40.1. The second-order valence-electron chi connectivity index (χ2n) is 9.23. The van der Waals surface area contributed by atoms with Crippen LogP contribution in [0.4, 0.5) is 10.5 Å². The molecule has 3 heterocycles. The van der Waals surface area contributed by atoms with Crippen LogP contribution in [-0.2, 0) is 19.6 Å². The summed E-state index contributed by atoms with van der Waals surface area (Å²) in [5.41, 5.74) is 0.907. The van der Waals surface area contributed by atoms with Gasteiger partial charge in [0.05, 0.1) is 25.3 Å². The summed E-state index contributed by atoms with van der Waals surface area (Å²) in [4.78, 5) is 34.3. The van der Waals surface area contributed by atoms with Crippen LogP contribution in [0.25, 0.3) is 10.9 Å². The van der Waals surface area contributed by atoms with Gasteiger partial charge in [-0.15, -0.1) is 0 Å². The molecule has 2 aliphatic heterocycles. The molecule has 0 aliphatic carbocycles. The third kappa shape index (κ3) is 5.68. The van der Waals surface area contributed by atoms with E-state index < -0.39 is 22.1 Å². The number of anilines is 1. The van der Waals surface area contributed by atoms with Crippen molar-refractivity contribution in [2.24, 2.45) is 0 Å². The number of aromatic nitrogens is 1. The predicted molar refractivity (Wildman–Crippen MR) is 145 cm³/mol. The Balaban J connectivity index is 1.41. The van der Waals surface area contributed by atoms with E-state index >= 15 is 0 Å². The Labute approximate surface area is 227 Å². The Morgan fingerprint density at radius 1 is 1.00 bits per heavy atom. The SMILES string of the molecule is CCOc1ccc(NC(=O)N2CCN(S(=O)(=O)c3cccc4cccnc34)C(C(=O)N3CCOCC3)C2)cc1. The summed E-state index contributed by atoms with van der Waals surface area (Å²) in [6, 6.07) is 14.0. The average molecular weight is 554 g/mol. The minimum Gasteiger partial charge on any atom is -0.494 e. The topological polar surface area (TPSA) is 121 Å². The van der Waals surface area contributed by atoms with E-state index in [4.69, 9.17) is 9.47 Å². The highest BCUT2D eigenvalue weighted by Gasteiger charge is 2.43. The summed E-state index contributed by atoms with van der Waals surface area (Å²) >= 11 is 0. The van der Waals surface area contributed by atoms with Crippen molar-refractivity contribution in [3.63, 3.8) is 0 Å². The zero-order valence-corrected chi connectivity index (χ0v) is 22.5. The van der Waals surface area contributed by atoms with E-state index in [1.807, 2.05) is 6.92 Å². The van der Waals surface area contributed by atoms with Crippen LogP contribution in [-0.4, -0.2) is 98.0 Å². The van der Waals surface area contributed by atoms with Crippen molar-refractivity contribution >= 4 is 38.6 Å². The summed E-state index contributed by atoms with van der Waals surface area (Å²) in [5.74, 6) is 0.335. The molecule has 1 N–H and O–H groups in total. The number of piperazine rings is 1. The monoisotopic (exact) mass is 553 g/mol. The number of urea groups is 1. The Kier molecular flexibility index (Phi) is 7.96. The van der Waals surface area contributed by atoms with Gasteiger partial charge in [0, 0.05) is 50.0 Å². The fourth-order valence-corrected chi connectivity index (χ4v) is 6.58. The molecule has 5 rings (SSSR count). The quantitative estimate of drug-likeness (QED) is 0.498.